The second kappa shape index (κ2) is 8.55. The highest BCUT2D eigenvalue weighted by atomic mass is 19.1. The fraction of sp³-hybridized carbons (Fsp3) is 0.400. The maximum Gasteiger partial charge on any atom is 0.241 e. The van der Waals surface area contributed by atoms with E-state index in [-0.39, 0.29) is 44.1 Å². The molecule has 110 valence electrons. The number of nitrogens with one attached hydrogen (secondary N) is 1. The summed E-state index contributed by atoms with van der Waals surface area (Å²) in [5, 5.41) is 19.9. The van der Waals surface area contributed by atoms with Crippen LogP contribution in [-0.4, -0.2) is 30.4 Å². The fourth-order valence-corrected chi connectivity index (χ4v) is 1.78. The molecule has 6 heteroatoms. The predicted molar refractivity (Wildman–Crippen MR) is 76.7 cm³/mol. The van der Waals surface area contributed by atoms with E-state index in [2.05, 4.69) is 5.32 Å². The Labute approximate surface area is 123 Å². The Morgan fingerprint density at radius 1 is 1.29 bits per heavy atom. The molecule has 0 atom stereocenters. The van der Waals surface area contributed by atoms with Gasteiger partial charge in [-0.3, -0.25) is 4.79 Å². The van der Waals surface area contributed by atoms with Gasteiger partial charge >= 0.3 is 0 Å². The zero-order chi connectivity index (χ0) is 15.7. The molecule has 5 nitrogen and oxygen atoms in total. The lowest BCUT2D eigenvalue weighted by atomic mass is 10.2. The molecule has 0 bridgehead atoms. The highest BCUT2D eigenvalue weighted by Gasteiger charge is 2.13. The van der Waals surface area contributed by atoms with Gasteiger partial charge in [0, 0.05) is 13.1 Å². The largest absolute Gasteiger partial charge is 0.374 e. The number of hydrogen-bond acceptors (Lipinski definition) is 4. The molecule has 1 aromatic carbocycles. The van der Waals surface area contributed by atoms with Crippen molar-refractivity contribution < 1.29 is 9.18 Å². The van der Waals surface area contributed by atoms with Gasteiger partial charge < -0.3 is 10.2 Å². The van der Waals surface area contributed by atoms with E-state index in [1.165, 1.54) is 11.0 Å². The Hall–Kier alpha value is -2.60. The van der Waals surface area contributed by atoms with Crippen molar-refractivity contribution in [3.63, 3.8) is 0 Å². The van der Waals surface area contributed by atoms with Crippen molar-refractivity contribution in [2.75, 3.05) is 25.0 Å². The summed E-state index contributed by atoms with van der Waals surface area (Å²) in [5.74, 6) is -0.677. The summed E-state index contributed by atoms with van der Waals surface area (Å²) in [7, 11) is 0. The molecule has 0 unspecified atom stereocenters. The maximum absolute atomic E-state index is 13.6. The molecule has 0 aliphatic rings. The monoisotopic (exact) mass is 288 g/mol. The van der Waals surface area contributed by atoms with Crippen LogP contribution in [0.25, 0.3) is 0 Å². The molecule has 1 amide bonds. The standard InChI is InChI=1S/C15H17FN4O/c1-12-4-5-14(13(16)10-12)19-11-15(21)20(8-2-6-17)9-3-7-18/h4-5,10,19H,2-3,8-9,11H2,1H3. The van der Waals surface area contributed by atoms with Gasteiger partial charge in [-0.2, -0.15) is 10.5 Å². The summed E-state index contributed by atoms with van der Waals surface area (Å²) >= 11 is 0. The topological polar surface area (TPSA) is 79.9 Å². The van der Waals surface area contributed by atoms with Gasteiger partial charge in [0.1, 0.15) is 5.82 Å². The van der Waals surface area contributed by atoms with E-state index in [1.54, 1.807) is 19.1 Å². The maximum atomic E-state index is 13.6. The SMILES string of the molecule is Cc1ccc(NCC(=O)N(CCC#N)CCC#N)c(F)c1. The van der Waals surface area contributed by atoms with Gasteiger partial charge in [-0.1, -0.05) is 6.07 Å². The second-order valence-electron chi connectivity index (χ2n) is 4.53. The van der Waals surface area contributed by atoms with Crippen molar-refractivity contribution in [2.45, 2.75) is 19.8 Å². The van der Waals surface area contributed by atoms with Gasteiger partial charge in [-0.05, 0) is 24.6 Å². The van der Waals surface area contributed by atoms with E-state index in [9.17, 15) is 9.18 Å². The lowest BCUT2D eigenvalue weighted by Crippen LogP contribution is -2.37. The number of hydrogen-bond donors (Lipinski definition) is 1. The van der Waals surface area contributed by atoms with Gasteiger partial charge in [0.15, 0.2) is 0 Å². The zero-order valence-electron chi connectivity index (χ0n) is 11.9. The molecule has 0 radical (unpaired) electrons. The molecule has 0 aliphatic heterocycles. The molecule has 1 N–H and O–H groups in total. The first-order valence-electron chi connectivity index (χ1n) is 6.60. The first-order valence-corrected chi connectivity index (χ1v) is 6.60. The van der Waals surface area contributed by atoms with E-state index in [0.29, 0.717) is 0 Å². The van der Waals surface area contributed by atoms with E-state index in [4.69, 9.17) is 10.5 Å². The van der Waals surface area contributed by atoms with Crippen molar-refractivity contribution in [2.24, 2.45) is 0 Å². The van der Waals surface area contributed by atoms with Crippen molar-refractivity contribution in [3.8, 4) is 12.1 Å². The van der Waals surface area contributed by atoms with Gasteiger partial charge in [0.25, 0.3) is 0 Å². The first kappa shape index (κ1) is 16.5. The minimum absolute atomic E-state index is 0.0726. The summed E-state index contributed by atoms with van der Waals surface area (Å²) < 4.78 is 13.6. The lowest BCUT2D eigenvalue weighted by molar-refractivity contribution is -0.129. The number of nitriles is 2. The van der Waals surface area contributed by atoms with Crippen LogP contribution in [-0.2, 0) is 4.79 Å². The van der Waals surface area contributed by atoms with E-state index >= 15 is 0 Å². The number of aryl methyl sites for hydroxylation is 1. The van der Waals surface area contributed by atoms with Crippen molar-refractivity contribution in [1.29, 1.82) is 10.5 Å². The number of rotatable bonds is 7. The molecule has 1 aromatic rings. The normalized spacial score (nSPS) is 9.52. The number of benzene rings is 1. The molecule has 0 aromatic heterocycles. The lowest BCUT2D eigenvalue weighted by Gasteiger charge is -2.21. The molecule has 1 rings (SSSR count). The average Bonchev–Trinajstić information content (AvgIpc) is 2.46. The highest BCUT2D eigenvalue weighted by molar-refractivity contribution is 5.81. The summed E-state index contributed by atoms with van der Waals surface area (Å²) in [6, 6.07) is 8.63. The Bertz CT molecular complexity index is 556. The smallest absolute Gasteiger partial charge is 0.241 e. The predicted octanol–water partition coefficient (Wildman–Crippen LogP) is 2.20. The number of carbonyl (C=O) groups is 1. The van der Waals surface area contributed by atoms with Crippen LogP contribution in [0.3, 0.4) is 0 Å². The number of halogens is 1. The van der Waals surface area contributed by atoms with Gasteiger partial charge in [-0.15, -0.1) is 0 Å². The van der Waals surface area contributed by atoms with Crippen LogP contribution in [0, 0.1) is 35.4 Å². The van der Waals surface area contributed by atoms with E-state index in [0.717, 1.165) is 5.56 Å². The highest BCUT2D eigenvalue weighted by Crippen LogP contribution is 2.14. The Morgan fingerprint density at radius 3 is 2.43 bits per heavy atom. The summed E-state index contributed by atoms with van der Waals surface area (Å²) in [6.45, 7) is 2.25. The number of anilines is 1. The third-order valence-electron chi connectivity index (χ3n) is 2.89. The molecular formula is C15H17FN4O. The van der Waals surface area contributed by atoms with Gasteiger partial charge in [-0.25, -0.2) is 4.39 Å². The molecule has 21 heavy (non-hydrogen) atoms. The van der Waals surface area contributed by atoms with Crippen LogP contribution in [0.2, 0.25) is 0 Å². The van der Waals surface area contributed by atoms with Crippen LogP contribution in [0.4, 0.5) is 10.1 Å². The van der Waals surface area contributed by atoms with Crippen LogP contribution >= 0.6 is 0 Å². The third kappa shape index (κ3) is 5.50. The first-order chi connectivity index (χ1) is 10.1. The van der Waals surface area contributed by atoms with Crippen molar-refractivity contribution in [3.05, 3.63) is 29.6 Å². The van der Waals surface area contributed by atoms with Crippen molar-refractivity contribution in [1.82, 2.24) is 4.90 Å². The van der Waals surface area contributed by atoms with Gasteiger partial charge in [0.05, 0.1) is 37.2 Å². The summed E-state index contributed by atoms with van der Waals surface area (Å²) in [5.41, 5.74) is 1.06. The fourth-order valence-electron chi connectivity index (χ4n) is 1.78. The summed E-state index contributed by atoms with van der Waals surface area (Å²) in [6.07, 6.45) is 0.409. The zero-order valence-corrected chi connectivity index (χ0v) is 11.9. The Kier molecular flexibility index (Phi) is 6.70. The van der Waals surface area contributed by atoms with Crippen LogP contribution in [0.5, 0.6) is 0 Å². The Morgan fingerprint density at radius 2 is 1.90 bits per heavy atom. The molecule has 0 saturated carbocycles. The van der Waals surface area contributed by atoms with Crippen LogP contribution in [0.15, 0.2) is 18.2 Å². The number of nitrogens with zero attached hydrogens (tertiary/aromatic N) is 3. The second-order valence-corrected chi connectivity index (χ2v) is 4.53. The molecule has 0 saturated heterocycles. The molecule has 0 heterocycles. The average molecular weight is 288 g/mol. The third-order valence-corrected chi connectivity index (χ3v) is 2.89. The quantitative estimate of drug-likeness (QED) is 0.834. The Balaban J connectivity index is 2.60. The number of carbonyl (C=O) groups excluding carboxylic acids is 1. The van der Waals surface area contributed by atoms with Gasteiger partial charge in [0.2, 0.25) is 5.91 Å². The molecule has 0 spiro atoms. The molecule has 0 fully saturated rings. The minimum atomic E-state index is -0.414. The van der Waals surface area contributed by atoms with Crippen LogP contribution in [0.1, 0.15) is 18.4 Å². The van der Waals surface area contributed by atoms with Crippen LogP contribution < -0.4 is 5.32 Å². The number of amides is 1. The molecular weight excluding hydrogens is 271 g/mol. The van der Waals surface area contributed by atoms with E-state index in [1.807, 2.05) is 12.1 Å². The van der Waals surface area contributed by atoms with E-state index < -0.39 is 5.82 Å². The summed E-state index contributed by atoms with van der Waals surface area (Å²) in [4.78, 5) is 13.5. The molecule has 0 aliphatic carbocycles. The minimum Gasteiger partial charge on any atom is -0.374 e. The van der Waals surface area contributed by atoms with Crippen molar-refractivity contribution >= 4 is 11.6 Å².